The minimum Gasteiger partial charge on any atom is -0.497 e. The topological polar surface area (TPSA) is 50.5 Å². The monoisotopic (exact) mass is 235 g/mol. The smallest absolute Gasteiger partial charge is 0.119 e. The molecule has 0 radical (unpaired) electrons. The van der Waals surface area contributed by atoms with E-state index in [4.69, 9.17) is 10.5 Å². The van der Waals surface area contributed by atoms with Crippen LogP contribution in [0.3, 0.4) is 0 Å². The quantitative estimate of drug-likeness (QED) is 0.802. The number of piperazine rings is 1. The molecule has 0 spiro atoms. The third-order valence-electron chi connectivity index (χ3n) is 3.19. The Morgan fingerprint density at radius 3 is 2.88 bits per heavy atom. The summed E-state index contributed by atoms with van der Waals surface area (Å²) in [7, 11) is 1.68. The van der Waals surface area contributed by atoms with Crippen LogP contribution in [0.1, 0.15) is 11.6 Å². The van der Waals surface area contributed by atoms with Crippen molar-refractivity contribution in [2.45, 2.75) is 6.04 Å². The van der Waals surface area contributed by atoms with Crippen LogP contribution in [0.2, 0.25) is 0 Å². The molecule has 1 heterocycles. The molecule has 1 aromatic rings. The summed E-state index contributed by atoms with van der Waals surface area (Å²) < 4.78 is 5.22. The van der Waals surface area contributed by atoms with Crippen LogP contribution in [0, 0.1) is 0 Å². The molecule has 2 rings (SSSR count). The van der Waals surface area contributed by atoms with Gasteiger partial charge < -0.3 is 15.8 Å². The van der Waals surface area contributed by atoms with Gasteiger partial charge in [-0.1, -0.05) is 12.1 Å². The second-order valence-electron chi connectivity index (χ2n) is 4.43. The summed E-state index contributed by atoms with van der Waals surface area (Å²) in [6.45, 7) is 5.19. The van der Waals surface area contributed by atoms with Crippen LogP contribution in [-0.4, -0.2) is 44.7 Å². The fourth-order valence-corrected chi connectivity index (χ4v) is 2.15. The van der Waals surface area contributed by atoms with Gasteiger partial charge in [-0.15, -0.1) is 0 Å². The van der Waals surface area contributed by atoms with Crippen LogP contribution in [-0.2, 0) is 0 Å². The average Bonchev–Trinajstić information content (AvgIpc) is 2.40. The van der Waals surface area contributed by atoms with Crippen molar-refractivity contribution in [2.75, 3.05) is 39.8 Å². The normalized spacial score (nSPS) is 18.9. The van der Waals surface area contributed by atoms with Crippen molar-refractivity contribution in [1.82, 2.24) is 10.2 Å². The van der Waals surface area contributed by atoms with Crippen molar-refractivity contribution in [3.63, 3.8) is 0 Å². The first-order valence-corrected chi connectivity index (χ1v) is 6.12. The lowest BCUT2D eigenvalue weighted by atomic mass is 10.1. The third-order valence-corrected chi connectivity index (χ3v) is 3.19. The highest BCUT2D eigenvalue weighted by molar-refractivity contribution is 5.30. The number of benzene rings is 1. The zero-order valence-corrected chi connectivity index (χ0v) is 10.4. The maximum absolute atomic E-state index is 6.23. The van der Waals surface area contributed by atoms with Gasteiger partial charge in [0.2, 0.25) is 0 Å². The molecule has 4 nitrogen and oxygen atoms in total. The molecule has 0 saturated carbocycles. The number of ether oxygens (including phenoxy) is 1. The molecule has 0 aliphatic carbocycles. The Morgan fingerprint density at radius 2 is 2.18 bits per heavy atom. The first kappa shape index (κ1) is 12.4. The van der Waals surface area contributed by atoms with Gasteiger partial charge in [0.1, 0.15) is 5.75 Å². The van der Waals surface area contributed by atoms with Crippen LogP contribution in [0.25, 0.3) is 0 Å². The molecule has 1 aliphatic rings. The summed E-state index contributed by atoms with van der Waals surface area (Å²) >= 11 is 0. The molecule has 1 unspecified atom stereocenters. The standard InChI is InChI=1S/C13H21N3O/c1-17-12-4-2-3-11(9-12)13(14)10-16-7-5-15-6-8-16/h2-4,9,13,15H,5-8,10,14H2,1H3. The van der Waals surface area contributed by atoms with Crippen LogP contribution < -0.4 is 15.8 Å². The van der Waals surface area contributed by atoms with Gasteiger partial charge in [-0.05, 0) is 17.7 Å². The fourth-order valence-electron chi connectivity index (χ4n) is 2.15. The zero-order valence-electron chi connectivity index (χ0n) is 10.4. The number of nitrogens with one attached hydrogen (secondary N) is 1. The third kappa shape index (κ3) is 3.43. The Labute approximate surface area is 103 Å². The second kappa shape index (κ2) is 6.00. The molecule has 3 N–H and O–H groups in total. The highest BCUT2D eigenvalue weighted by Gasteiger charge is 2.14. The van der Waals surface area contributed by atoms with E-state index in [1.807, 2.05) is 18.2 Å². The van der Waals surface area contributed by atoms with E-state index < -0.39 is 0 Å². The number of rotatable bonds is 4. The Kier molecular flexibility index (Phi) is 4.36. The average molecular weight is 235 g/mol. The molecule has 4 heteroatoms. The van der Waals surface area contributed by atoms with Crippen molar-refractivity contribution >= 4 is 0 Å². The predicted molar refractivity (Wildman–Crippen MR) is 69.2 cm³/mol. The molecule has 0 amide bonds. The first-order valence-electron chi connectivity index (χ1n) is 6.12. The minimum absolute atomic E-state index is 0.0585. The lowest BCUT2D eigenvalue weighted by Gasteiger charge is -2.29. The molecule has 1 fully saturated rings. The highest BCUT2D eigenvalue weighted by atomic mass is 16.5. The summed E-state index contributed by atoms with van der Waals surface area (Å²) in [5, 5.41) is 3.34. The van der Waals surface area contributed by atoms with Gasteiger partial charge in [0.15, 0.2) is 0 Å². The van der Waals surface area contributed by atoms with E-state index in [-0.39, 0.29) is 6.04 Å². The largest absolute Gasteiger partial charge is 0.497 e. The fraction of sp³-hybridized carbons (Fsp3) is 0.538. The lowest BCUT2D eigenvalue weighted by Crippen LogP contribution is -2.45. The van der Waals surface area contributed by atoms with E-state index in [1.54, 1.807) is 7.11 Å². The van der Waals surface area contributed by atoms with Crippen LogP contribution >= 0.6 is 0 Å². The molecule has 1 aliphatic heterocycles. The van der Waals surface area contributed by atoms with Gasteiger partial charge in [0.25, 0.3) is 0 Å². The van der Waals surface area contributed by atoms with Gasteiger partial charge in [0, 0.05) is 38.8 Å². The van der Waals surface area contributed by atoms with Crippen molar-refractivity contribution in [2.24, 2.45) is 5.73 Å². The van der Waals surface area contributed by atoms with E-state index in [1.165, 1.54) is 0 Å². The number of hydrogen-bond donors (Lipinski definition) is 2. The molecule has 1 aromatic carbocycles. The summed E-state index contributed by atoms with van der Waals surface area (Å²) in [5.74, 6) is 0.873. The summed E-state index contributed by atoms with van der Waals surface area (Å²) in [6, 6.07) is 8.08. The Bertz CT molecular complexity index is 350. The van der Waals surface area contributed by atoms with Gasteiger partial charge in [-0.25, -0.2) is 0 Å². The second-order valence-corrected chi connectivity index (χ2v) is 4.43. The number of methoxy groups -OCH3 is 1. The molecular weight excluding hydrogens is 214 g/mol. The van der Waals surface area contributed by atoms with E-state index in [0.29, 0.717) is 0 Å². The Hall–Kier alpha value is -1.10. The highest BCUT2D eigenvalue weighted by Crippen LogP contribution is 2.18. The molecule has 1 atom stereocenters. The van der Waals surface area contributed by atoms with E-state index in [0.717, 1.165) is 44.0 Å². The van der Waals surface area contributed by atoms with Crippen LogP contribution in [0.15, 0.2) is 24.3 Å². The molecular formula is C13H21N3O. The van der Waals surface area contributed by atoms with E-state index in [9.17, 15) is 0 Å². The summed E-state index contributed by atoms with van der Waals surface area (Å²) in [6.07, 6.45) is 0. The molecule has 94 valence electrons. The zero-order chi connectivity index (χ0) is 12.1. The summed E-state index contributed by atoms with van der Waals surface area (Å²) in [5.41, 5.74) is 7.37. The predicted octanol–water partition coefficient (Wildman–Crippen LogP) is 0.600. The van der Waals surface area contributed by atoms with Crippen molar-refractivity contribution in [3.05, 3.63) is 29.8 Å². The van der Waals surface area contributed by atoms with Gasteiger partial charge in [-0.2, -0.15) is 0 Å². The minimum atomic E-state index is 0.0585. The maximum Gasteiger partial charge on any atom is 0.119 e. The molecule has 1 saturated heterocycles. The van der Waals surface area contributed by atoms with Gasteiger partial charge in [0.05, 0.1) is 7.11 Å². The van der Waals surface area contributed by atoms with Gasteiger partial charge in [-0.3, -0.25) is 4.90 Å². The number of hydrogen-bond acceptors (Lipinski definition) is 4. The molecule has 0 bridgehead atoms. The van der Waals surface area contributed by atoms with Gasteiger partial charge >= 0.3 is 0 Å². The SMILES string of the molecule is COc1cccc(C(N)CN2CCNCC2)c1. The Morgan fingerprint density at radius 1 is 1.41 bits per heavy atom. The maximum atomic E-state index is 6.23. The van der Waals surface area contributed by atoms with E-state index in [2.05, 4.69) is 16.3 Å². The van der Waals surface area contributed by atoms with Crippen LogP contribution in [0.4, 0.5) is 0 Å². The Balaban J connectivity index is 1.95. The molecule has 17 heavy (non-hydrogen) atoms. The van der Waals surface area contributed by atoms with Crippen molar-refractivity contribution in [3.8, 4) is 5.75 Å². The summed E-state index contributed by atoms with van der Waals surface area (Å²) in [4.78, 5) is 2.40. The first-order chi connectivity index (χ1) is 8.29. The lowest BCUT2D eigenvalue weighted by molar-refractivity contribution is 0.228. The van der Waals surface area contributed by atoms with E-state index >= 15 is 0 Å². The van der Waals surface area contributed by atoms with Crippen molar-refractivity contribution in [1.29, 1.82) is 0 Å². The van der Waals surface area contributed by atoms with Crippen LogP contribution in [0.5, 0.6) is 5.75 Å². The molecule has 0 aromatic heterocycles. The number of nitrogens with zero attached hydrogens (tertiary/aromatic N) is 1. The number of nitrogens with two attached hydrogens (primary N) is 1. The van der Waals surface area contributed by atoms with Crippen molar-refractivity contribution < 1.29 is 4.74 Å².